The van der Waals surface area contributed by atoms with Crippen molar-refractivity contribution < 1.29 is 17.9 Å². The first-order valence-corrected chi connectivity index (χ1v) is 5.48. The van der Waals surface area contributed by atoms with E-state index < -0.39 is 11.9 Å². The lowest BCUT2D eigenvalue weighted by atomic mass is 10.2. The maximum absolute atomic E-state index is 12.6. The molecule has 0 saturated carbocycles. The first-order valence-electron chi connectivity index (χ1n) is 4.40. The Balaban J connectivity index is 3.29. The molecular weight excluding hydrogens is 336 g/mol. The van der Waals surface area contributed by atoms with Crippen molar-refractivity contribution in [1.82, 2.24) is 4.98 Å². The predicted molar refractivity (Wildman–Crippen MR) is 61.3 cm³/mol. The lowest BCUT2D eigenvalue weighted by Crippen LogP contribution is -2.13. The third-order valence-corrected chi connectivity index (χ3v) is 3.11. The van der Waals surface area contributed by atoms with Gasteiger partial charge in [-0.25, -0.2) is 4.98 Å². The zero-order chi connectivity index (χ0) is 12.3. The van der Waals surface area contributed by atoms with Crippen molar-refractivity contribution in [2.45, 2.75) is 12.6 Å². The van der Waals surface area contributed by atoms with Gasteiger partial charge in [0.05, 0.1) is 10.7 Å². The maximum atomic E-state index is 12.6. The molecule has 0 saturated heterocycles. The van der Waals surface area contributed by atoms with E-state index in [2.05, 4.69) is 4.98 Å². The van der Waals surface area contributed by atoms with Crippen molar-refractivity contribution >= 4 is 22.6 Å². The summed E-state index contributed by atoms with van der Waals surface area (Å²) in [6.07, 6.45) is -2.84. The zero-order valence-electron chi connectivity index (χ0n) is 8.44. The van der Waals surface area contributed by atoms with Gasteiger partial charge in [0, 0.05) is 6.20 Å². The number of halogens is 4. The van der Waals surface area contributed by atoms with Gasteiger partial charge in [-0.2, -0.15) is 13.2 Å². The Bertz CT molecular complexity index is 382. The number of ether oxygens (including phenoxy) is 1. The first kappa shape index (κ1) is 13.5. The molecule has 1 aromatic rings. The fraction of sp³-hybridized carbons (Fsp3) is 0.444. The molecular formula is C9H10F3IN2O. The van der Waals surface area contributed by atoms with Crippen LogP contribution in [-0.2, 0) is 12.6 Å². The summed E-state index contributed by atoms with van der Waals surface area (Å²) in [4.78, 5) is 3.39. The van der Waals surface area contributed by atoms with Gasteiger partial charge in [0.1, 0.15) is 0 Å². The molecule has 3 nitrogen and oxygen atoms in total. The highest BCUT2D eigenvalue weighted by atomic mass is 127. The second kappa shape index (κ2) is 5.17. The molecule has 1 rings (SSSR count). The van der Waals surface area contributed by atoms with E-state index in [1.54, 1.807) is 0 Å². The van der Waals surface area contributed by atoms with Crippen LogP contribution < -0.4 is 10.5 Å². The Morgan fingerprint density at radius 3 is 2.56 bits per heavy atom. The van der Waals surface area contributed by atoms with E-state index in [9.17, 15) is 13.2 Å². The second-order valence-corrected chi connectivity index (χ2v) is 4.09. The SMILES string of the molecule is COc1c(C(F)(F)F)ncc(CCN)c1I. The van der Waals surface area contributed by atoms with Crippen LogP contribution in [0.1, 0.15) is 11.3 Å². The van der Waals surface area contributed by atoms with Crippen molar-refractivity contribution in [3.05, 3.63) is 21.0 Å². The van der Waals surface area contributed by atoms with Crippen LogP contribution in [0.25, 0.3) is 0 Å². The van der Waals surface area contributed by atoms with E-state index in [1.165, 1.54) is 13.3 Å². The summed E-state index contributed by atoms with van der Waals surface area (Å²) in [6.45, 7) is 0.353. The fourth-order valence-electron chi connectivity index (χ4n) is 1.23. The topological polar surface area (TPSA) is 48.1 Å². The molecule has 90 valence electrons. The molecule has 0 bridgehead atoms. The summed E-state index contributed by atoms with van der Waals surface area (Å²) in [5, 5.41) is 0. The van der Waals surface area contributed by atoms with Crippen LogP contribution in [0.5, 0.6) is 5.75 Å². The molecule has 0 aromatic carbocycles. The van der Waals surface area contributed by atoms with E-state index in [4.69, 9.17) is 10.5 Å². The lowest BCUT2D eigenvalue weighted by Gasteiger charge is -2.14. The number of rotatable bonds is 3. The summed E-state index contributed by atoms with van der Waals surface area (Å²) in [7, 11) is 1.20. The van der Waals surface area contributed by atoms with Crippen LogP contribution in [0.3, 0.4) is 0 Å². The minimum absolute atomic E-state index is 0.237. The summed E-state index contributed by atoms with van der Waals surface area (Å²) in [6, 6.07) is 0. The Morgan fingerprint density at radius 2 is 2.12 bits per heavy atom. The molecule has 1 heterocycles. The molecule has 2 N–H and O–H groups in total. The molecule has 0 aliphatic rings. The standard InChI is InChI=1S/C9H10F3IN2O/c1-16-7-6(13)5(2-3-14)4-15-8(7)9(10,11)12/h4H,2-3,14H2,1H3. The number of nitrogens with zero attached hydrogens (tertiary/aromatic N) is 1. The number of nitrogens with two attached hydrogens (primary N) is 1. The maximum Gasteiger partial charge on any atom is 0.437 e. The monoisotopic (exact) mass is 346 g/mol. The van der Waals surface area contributed by atoms with Gasteiger partial charge in [0.25, 0.3) is 0 Å². The number of alkyl halides is 3. The van der Waals surface area contributed by atoms with Crippen molar-refractivity contribution in [2.24, 2.45) is 5.73 Å². The Kier molecular flexibility index (Phi) is 4.36. The lowest BCUT2D eigenvalue weighted by molar-refractivity contribution is -0.142. The van der Waals surface area contributed by atoms with Crippen molar-refractivity contribution in [2.75, 3.05) is 13.7 Å². The highest BCUT2D eigenvalue weighted by Gasteiger charge is 2.37. The Labute approximate surface area is 104 Å². The number of hydrogen-bond acceptors (Lipinski definition) is 3. The van der Waals surface area contributed by atoms with Crippen LogP contribution in [0.15, 0.2) is 6.20 Å². The Hall–Kier alpha value is -0.570. The molecule has 0 amide bonds. The van der Waals surface area contributed by atoms with Crippen molar-refractivity contribution in [3.8, 4) is 5.75 Å². The summed E-state index contributed by atoms with van der Waals surface area (Å²) in [5.41, 5.74) is 5.01. The van der Waals surface area contributed by atoms with E-state index >= 15 is 0 Å². The van der Waals surface area contributed by atoms with Crippen LogP contribution >= 0.6 is 22.6 Å². The highest BCUT2D eigenvalue weighted by molar-refractivity contribution is 14.1. The average Bonchev–Trinajstić information content (AvgIpc) is 2.19. The molecule has 0 spiro atoms. The van der Waals surface area contributed by atoms with Gasteiger partial charge < -0.3 is 10.5 Å². The van der Waals surface area contributed by atoms with E-state index in [0.29, 0.717) is 22.1 Å². The summed E-state index contributed by atoms with van der Waals surface area (Å²) >= 11 is 1.81. The van der Waals surface area contributed by atoms with E-state index in [-0.39, 0.29) is 5.75 Å². The minimum atomic E-state index is -4.51. The quantitative estimate of drug-likeness (QED) is 0.854. The van der Waals surface area contributed by atoms with Crippen molar-refractivity contribution in [3.63, 3.8) is 0 Å². The van der Waals surface area contributed by atoms with Crippen LogP contribution in [-0.4, -0.2) is 18.6 Å². The van der Waals surface area contributed by atoms with Gasteiger partial charge in [0.15, 0.2) is 11.4 Å². The number of methoxy groups -OCH3 is 1. The molecule has 1 aromatic heterocycles. The molecule has 0 fully saturated rings. The summed E-state index contributed by atoms with van der Waals surface area (Å²) in [5.74, 6) is -0.237. The molecule has 0 radical (unpaired) electrons. The summed E-state index contributed by atoms with van der Waals surface area (Å²) < 4.78 is 42.9. The molecule has 0 aliphatic heterocycles. The number of aromatic nitrogens is 1. The van der Waals surface area contributed by atoms with Gasteiger partial charge in [0.2, 0.25) is 0 Å². The number of pyridine rings is 1. The third kappa shape index (κ3) is 2.76. The molecule has 16 heavy (non-hydrogen) atoms. The van der Waals surface area contributed by atoms with Crippen LogP contribution in [0.4, 0.5) is 13.2 Å². The Morgan fingerprint density at radius 1 is 1.50 bits per heavy atom. The largest absolute Gasteiger partial charge is 0.493 e. The van der Waals surface area contributed by atoms with Crippen molar-refractivity contribution in [1.29, 1.82) is 0 Å². The van der Waals surface area contributed by atoms with Crippen LogP contribution in [0, 0.1) is 3.57 Å². The normalized spacial score (nSPS) is 11.6. The zero-order valence-corrected chi connectivity index (χ0v) is 10.6. The molecule has 0 aliphatic carbocycles. The van der Waals surface area contributed by atoms with Gasteiger partial charge >= 0.3 is 6.18 Å². The molecule has 0 unspecified atom stereocenters. The average molecular weight is 346 g/mol. The number of hydrogen-bond donors (Lipinski definition) is 1. The predicted octanol–water partition coefficient (Wildman–Crippen LogP) is 2.21. The van der Waals surface area contributed by atoms with Gasteiger partial charge in [-0.1, -0.05) is 0 Å². The van der Waals surface area contributed by atoms with E-state index in [0.717, 1.165) is 0 Å². The minimum Gasteiger partial charge on any atom is -0.493 e. The van der Waals surface area contributed by atoms with Gasteiger partial charge in [-0.15, -0.1) is 0 Å². The highest BCUT2D eigenvalue weighted by Crippen LogP contribution is 2.38. The van der Waals surface area contributed by atoms with Gasteiger partial charge in [-0.05, 0) is 41.1 Å². The third-order valence-electron chi connectivity index (χ3n) is 1.93. The fourth-order valence-corrected chi connectivity index (χ4v) is 2.11. The van der Waals surface area contributed by atoms with Gasteiger partial charge in [-0.3, -0.25) is 0 Å². The first-order chi connectivity index (χ1) is 7.41. The molecule has 0 atom stereocenters. The second-order valence-electron chi connectivity index (χ2n) is 3.02. The van der Waals surface area contributed by atoms with E-state index in [1.807, 2.05) is 22.6 Å². The smallest absolute Gasteiger partial charge is 0.437 e. The molecule has 7 heteroatoms. The van der Waals surface area contributed by atoms with Crippen LogP contribution in [0.2, 0.25) is 0 Å².